The fourth-order valence-corrected chi connectivity index (χ4v) is 2.05. The maximum absolute atomic E-state index is 11.8. The van der Waals surface area contributed by atoms with Crippen LogP contribution >= 0.6 is 15.9 Å². The van der Waals surface area contributed by atoms with Crippen molar-refractivity contribution in [3.63, 3.8) is 0 Å². The number of unbranched alkanes of at least 4 members (excludes halogenated alkanes) is 8. The molecule has 0 aromatic rings. The molecule has 0 aliphatic rings. The summed E-state index contributed by atoms with van der Waals surface area (Å²) >= 11 is 3.38. The van der Waals surface area contributed by atoms with Crippen LogP contribution in [0.1, 0.15) is 64.2 Å². The first-order valence-electron chi connectivity index (χ1n) is 6.19. The number of hydrogen-bond acceptors (Lipinski definition) is 0. The van der Waals surface area contributed by atoms with Crippen LogP contribution in [0, 0.1) is 0 Å². The highest BCUT2D eigenvalue weighted by Gasteiger charge is 2.25. The Labute approximate surface area is 105 Å². The van der Waals surface area contributed by atoms with E-state index in [2.05, 4.69) is 15.9 Å². The Bertz CT molecular complexity index is 146. The van der Waals surface area contributed by atoms with Gasteiger partial charge in [-0.1, -0.05) is 60.9 Å². The van der Waals surface area contributed by atoms with Crippen LogP contribution in [-0.2, 0) is 0 Å². The summed E-state index contributed by atoms with van der Waals surface area (Å²) in [6, 6.07) is 0. The average molecular weight is 303 g/mol. The summed E-state index contributed by atoms with van der Waals surface area (Å²) in [5, 5.41) is 1.07. The van der Waals surface area contributed by atoms with E-state index in [1.54, 1.807) is 0 Å². The van der Waals surface area contributed by atoms with Crippen LogP contribution in [0.25, 0.3) is 0 Å². The van der Waals surface area contributed by atoms with Gasteiger partial charge < -0.3 is 0 Å². The van der Waals surface area contributed by atoms with Crippen molar-refractivity contribution in [3.05, 3.63) is 0 Å². The quantitative estimate of drug-likeness (QED) is 0.351. The van der Waals surface area contributed by atoms with Crippen molar-refractivity contribution < 1.29 is 13.2 Å². The van der Waals surface area contributed by atoms with E-state index in [1.165, 1.54) is 32.1 Å². The largest absolute Gasteiger partial charge is 0.389 e. The van der Waals surface area contributed by atoms with Crippen LogP contribution in [0.2, 0.25) is 0 Å². The van der Waals surface area contributed by atoms with Crippen LogP contribution in [0.3, 0.4) is 0 Å². The normalized spacial score (nSPS) is 12.0. The van der Waals surface area contributed by atoms with Gasteiger partial charge >= 0.3 is 6.18 Å². The summed E-state index contributed by atoms with van der Waals surface area (Å²) in [7, 11) is 0. The van der Waals surface area contributed by atoms with E-state index in [4.69, 9.17) is 0 Å². The molecule has 0 aliphatic heterocycles. The van der Waals surface area contributed by atoms with E-state index in [0.717, 1.165) is 24.6 Å². The van der Waals surface area contributed by atoms with Crippen LogP contribution in [-0.4, -0.2) is 11.5 Å². The van der Waals surface area contributed by atoms with Crippen molar-refractivity contribution >= 4 is 15.9 Å². The molecule has 0 aliphatic carbocycles. The molecule has 0 aromatic carbocycles. The predicted octanol–water partition coefficient (Wildman–Crippen LogP) is 5.84. The van der Waals surface area contributed by atoms with Crippen molar-refractivity contribution in [1.29, 1.82) is 0 Å². The minimum atomic E-state index is -3.96. The second-order valence-corrected chi connectivity index (χ2v) is 5.03. The molecule has 0 saturated carbocycles. The van der Waals surface area contributed by atoms with Gasteiger partial charge in [-0.25, -0.2) is 0 Å². The van der Waals surface area contributed by atoms with Gasteiger partial charge in [-0.3, -0.25) is 0 Å². The Morgan fingerprint density at radius 3 is 1.38 bits per heavy atom. The highest BCUT2D eigenvalue weighted by Crippen LogP contribution is 2.23. The number of alkyl halides is 4. The highest BCUT2D eigenvalue weighted by molar-refractivity contribution is 9.09. The third-order valence-electron chi connectivity index (χ3n) is 2.59. The fourth-order valence-electron chi connectivity index (χ4n) is 1.66. The van der Waals surface area contributed by atoms with Crippen molar-refractivity contribution in [2.75, 3.05) is 5.33 Å². The van der Waals surface area contributed by atoms with Crippen molar-refractivity contribution in [3.8, 4) is 0 Å². The zero-order valence-electron chi connectivity index (χ0n) is 9.79. The highest BCUT2D eigenvalue weighted by atomic mass is 79.9. The number of hydrogen-bond donors (Lipinski definition) is 0. The minimum Gasteiger partial charge on any atom is -0.171 e. The molecule has 0 saturated heterocycles. The molecule has 0 N–H and O–H groups in total. The fraction of sp³-hybridized carbons (Fsp3) is 1.00. The van der Waals surface area contributed by atoms with E-state index < -0.39 is 12.6 Å². The van der Waals surface area contributed by atoms with Crippen molar-refractivity contribution in [2.45, 2.75) is 70.4 Å². The lowest BCUT2D eigenvalue weighted by molar-refractivity contribution is -0.135. The SMILES string of the molecule is FC(F)(F)CCCCCCCCCCCBr. The second kappa shape index (κ2) is 10.4. The average Bonchev–Trinajstić information content (AvgIpc) is 2.19. The zero-order valence-corrected chi connectivity index (χ0v) is 11.4. The molecule has 0 rings (SSSR count). The van der Waals surface area contributed by atoms with E-state index in [9.17, 15) is 13.2 Å². The Hall–Kier alpha value is 0.270. The molecular formula is C12H22BrF3. The first kappa shape index (κ1) is 16.3. The summed E-state index contributed by atoms with van der Waals surface area (Å²) in [4.78, 5) is 0. The predicted molar refractivity (Wildman–Crippen MR) is 66.0 cm³/mol. The first-order valence-corrected chi connectivity index (χ1v) is 7.31. The Kier molecular flexibility index (Phi) is 10.6. The van der Waals surface area contributed by atoms with Gasteiger partial charge in [-0.15, -0.1) is 0 Å². The van der Waals surface area contributed by atoms with Crippen LogP contribution < -0.4 is 0 Å². The maximum Gasteiger partial charge on any atom is 0.389 e. The Morgan fingerprint density at radius 1 is 0.625 bits per heavy atom. The smallest absolute Gasteiger partial charge is 0.171 e. The summed E-state index contributed by atoms with van der Waals surface area (Å²) in [6.45, 7) is 0. The van der Waals surface area contributed by atoms with Crippen LogP contribution in [0.4, 0.5) is 13.2 Å². The lowest BCUT2D eigenvalue weighted by atomic mass is 10.1. The van der Waals surface area contributed by atoms with E-state index in [1.807, 2.05) is 0 Å². The zero-order chi connectivity index (χ0) is 12.3. The molecule has 16 heavy (non-hydrogen) atoms. The monoisotopic (exact) mass is 302 g/mol. The van der Waals surface area contributed by atoms with Gasteiger partial charge in [-0.2, -0.15) is 13.2 Å². The Balaban J connectivity index is 2.99. The molecule has 4 heteroatoms. The molecule has 0 heterocycles. The Morgan fingerprint density at radius 2 is 1.00 bits per heavy atom. The van der Waals surface area contributed by atoms with Crippen molar-refractivity contribution in [1.82, 2.24) is 0 Å². The summed E-state index contributed by atoms with van der Waals surface area (Å²) in [5.74, 6) is 0. The number of halogens is 4. The molecule has 0 spiro atoms. The second-order valence-electron chi connectivity index (χ2n) is 4.24. The van der Waals surface area contributed by atoms with E-state index in [0.29, 0.717) is 6.42 Å². The molecule has 98 valence electrons. The van der Waals surface area contributed by atoms with Gasteiger partial charge in [0.05, 0.1) is 0 Å². The molecule has 0 unspecified atom stereocenters. The first-order chi connectivity index (χ1) is 7.56. The van der Waals surface area contributed by atoms with Gasteiger partial charge in [-0.05, 0) is 12.8 Å². The molecule has 0 atom stereocenters. The third-order valence-corrected chi connectivity index (χ3v) is 3.15. The summed E-state index contributed by atoms with van der Waals surface area (Å²) < 4.78 is 35.4. The lowest BCUT2D eigenvalue weighted by Crippen LogP contribution is -2.06. The van der Waals surface area contributed by atoms with Gasteiger partial charge in [0, 0.05) is 11.8 Å². The molecule has 0 aromatic heterocycles. The van der Waals surface area contributed by atoms with Gasteiger partial charge in [0.1, 0.15) is 0 Å². The van der Waals surface area contributed by atoms with Gasteiger partial charge in [0.25, 0.3) is 0 Å². The van der Waals surface area contributed by atoms with E-state index >= 15 is 0 Å². The summed E-state index contributed by atoms with van der Waals surface area (Å²) in [5.41, 5.74) is 0. The summed E-state index contributed by atoms with van der Waals surface area (Å²) in [6.07, 6.45) is 4.64. The third kappa shape index (κ3) is 14.3. The standard InChI is InChI=1S/C12H22BrF3/c13-11-9-7-5-3-1-2-4-6-8-10-12(14,15)16/h1-11H2. The molecule has 0 fully saturated rings. The maximum atomic E-state index is 11.8. The molecule has 0 amide bonds. The lowest BCUT2D eigenvalue weighted by Gasteiger charge is -2.05. The molecule has 0 nitrogen and oxygen atoms in total. The van der Waals surface area contributed by atoms with Gasteiger partial charge in [0.2, 0.25) is 0 Å². The van der Waals surface area contributed by atoms with Crippen molar-refractivity contribution in [2.24, 2.45) is 0 Å². The topological polar surface area (TPSA) is 0 Å². The molecular weight excluding hydrogens is 281 g/mol. The molecule has 0 bridgehead atoms. The number of rotatable bonds is 10. The van der Waals surface area contributed by atoms with Crippen LogP contribution in [0.5, 0.6) is 0 Å². The minimum absolute atomic E-state index is 0.299. The van der Waals surface area contributed by atoms with Crippen LogP contribution in [0.15, 0.2) is 0 Å². The van der Waals surface area contributed by atoms with Gasteiger partial charge in [0.15, 0.2) is 0 Å². The molecule has 0 radical (unpaired) electrons. The van der Waals surface area contributed by atoms with E-state index in [-0.39, 0.29) is 0 Å².